The summed E-state index contributed by atoms with van der Waals surface area (Å²) in [6.45, 7) is 0. The molecule has 2 aromatic rings. The smallest absolute Gasteiger partial charge is 0.414 e. The Labute approximate surface area is 191 Å². The number of hydrogen-bond donors (Lipinski definition) is 0. The summed E-state index contributed by atoms with van der Waals surface area (Å²) in [5.41, 5.74) is 0. The highest BCUT2D eigenvalue weighted by atomic mass is 35.9. The van der Waals surface area contributed by atoms with E-state index in [9.17, 15) is 0 Å². The second kappa shape index (κ2) is 9.05. The van der Waals surface area contributed by atoms with Crippen LogP contribution in [0.3, 0.4) is 0 Å². The molecule has 0 radical (unpaired) electrons. The van der Waals surface area contributed by atoms with Crippen LogP contribution in [0.25, 0.3) is 0 Å². The van der Waals surface area contributed by atoms with Crippen molar-refractivity contribution in [1.29, 1.82) is 0 Å². The van der Waals surface area contributed by atoms with Crippen LogP contribution in [-0.4, -0.2) is 0 Å². The Morgan fingerprint density at radius 1 is 0.500 bits per heavy atom. The van der Waals surface area contributed by atoms with Gasteiger partial charge in [-0.3, -0.25) is 0 Å². The van der Waals surface area contributed by atoms with Crippen LogP contribution in [0.15, 0.2) is 78.7 Å². The van der Waals surface area contributed by atoms with Crippen LogP contribution in [0.2, 0.25) is 0 Å². The number of rotatable bonds is 4. The van der Waals surface area contributed by atoms with Gasteiger partial charge in [-0.2, -0.15) is 9.03 Å². The molecule has 0 spiro atoms. The molecule has 6 nitrogen and oxygen atoms in total. The van der Waals surface area contributed by atoms with Crippen molar-refractivity contribution < 1.29 is 9.05 Å². The minimum atomic E-state index is -3.67. The quantitative estimate of drug-likeness (QED) is 0.339. The molecule has 0 unspecified atom stereocenters. The summed E-state index contributed by atoms with van der Waals surface area (Å²) in [6, 6.07) is 17.4. The maximum Gasteiger partial charge on any atom is 0.453 e. The molecule has 0 saturated heterocycles. The van der Waals surface area contributed by atoms with Crippen molar-refractivity contribution in [3.05, 3.63) is 60.7 Å². The number of benzene rings is 2. The lowest BCUT2D eigenvalue weighted by Gasteiger charge is -2.25. The number of halogens is 6. The predicted octanol–water partition coefficient (Wildman–Crippen LogP) is 11.4. The second-order valence-electron chi connectivity index (χ2n) is 5.02. The topological polar surface area (TPSA) is 67.9 Å². The van der Waals surface area contributed by atoms with Gasteiger partial charge in [0, 0.05) is 0 Å². The molecule has 0 fully saturated rings. The Bertz CT molecular complexity index is 1030. The van der Waals surface area contributed by atoms with E-state index in [1.165, 1.54) is 0 Å². The fraction of sp³-hybridized carbons (Fsp3) is 0. The second-order valence-corrected chi connectivity index (χ2v) is 22.0. The minimum Gasteiger partial charge on any atom is -0.414 e. The third kappa shape index (κ3) is 6.86. The molecule has 1 aliphatic rings. The van der Waals surface area contributed by atoms with Gasteiger partial charge in [0.05, 0.1) is 0 Å². The lowest BCUT2D eigenvalue weighted by Crippen LogP contribution is -1.99. The van der Waals surface area contributed by atoms with Gasteiger partial charge in [-0.15, -0.1) is 9.03 Å². The summed E-state index contributed by atoms with van der Waals surface area (Å²) in [6.07, 6.45) is 0. The van der Waals surface area contributed by atoms with Crippen LogP contribution < -0.4 is 9.05 Å². The van der Waals surface area contributed by atoms with E-state index in [-0.39, 0.29) is 0 Å². The van der Waals surface area contributed by atoms with Crippen LogP contribution in [0.5, 0.6) is 11.5 Å². The molecule has 16 heteroatoms. The highest BCUT2D eigenvalue weighted by Gasteiger charge is 2.37. The van der Waals surface area contributed by atoms with Crippen LogP contribution >= 0.6 is 92.8 Å². The first-order valence-electron chi connectivity index (χ1n) is 7.21. The highest BCUT2D eigenvalue weighted by Crippen LogP contribution is 2.86. The first-order valence-corrected chi connectivity index (χ1v) is 19.3. The van der Waals surface area contributed by atoms with Crippen molar-refractivity contribution in [2.45, 2.75) is 0 Å². The van der Waals surface area contributed by atoms with Crippen molar-refractivity contribution >= 4 is 92.8 Å². The SMILES string of the molecule is ClP1(Cl)=NP(Cl)(Cl)=NP(Oc2ccccc2)(Oc2ccccc2)=NP(Cl)(Cl)=N1. The van der Waals surface area contributed by atoms with Gasteiger partial charge < -0.3 is 9.05 Å². The number of hydrogen-bond acceptors (Lipinski definition) is 6. The van der Waals surface area contributed by atoms with Crippen molar-refractivity contribution in [3.63, 3.8) is 0 Å². The summed E-state index contributed by atoms with van der Waals surface area (Å²) < 4.78 is 28.6. The average Bonchev–Trinajstić information content (AvgIpc) is 2.52. The zero-order valence-electron chi connectivity index (χ0n) is 13.4. The Balaban J connectivity index is 2.27. The van der Waals surface area contributed by atoms with Crippen LogP contribution in [0, 0.1) is 0 Å². The third-order valence-corrected chi connectivity index (χ3v) is 18.0. The van der Waals surface area contributed by atoms with Gasteiger partial charge in [0.25, 0.3) is 17.7 Å². The lowest BCUT2D eigenvalue weighted by molar-refractivity contribution is 0.478. The summed E-state index contributed by atoms with van der Waals surface area (Å²) in [5.74, 6) is -9.59. The minimum absolute atomic E-state index is 0.388. The molecule has 0 aromatic heterocycles. The first kappa shape index (κ1) is 23.4. The molecule has 152 valence electrons. The fourth-order valence-electron chi connectivity index (χ4n) is 1.93. The summed E-state index contributed by atoms with van der Waals surface area (Å²) in [5, 5.41) is 0. The molecule has 0 amide bonds. The van der Waals surface area contributed by atoms with Crippen LogP contribution in [0.1, 0.15) is 0 Å². The fourth-order valence-corrected chi connectivity index (χ4v) is 22.1. The molecular formula is C12H10Cl6N4O2P4. The Hall–Kier alpha value is 0.700. The van der Waals surface area contributed by atoms with Gasteiger partial charge in [-0.1, -0.05) is 36.4 Å². The first-order chi connectivity index (χ1) is 13.0. The van der Waals surface area contributed by atoms with E-state index in [1.807, 2.05) is 12.1 Å². The summed E-state index contributed by atoms with van der Waals surface area (Å²) >= 11 is 37.5. The average molecular weight is 579 g/mol. The van der Waals surface area contributed by atoms with E-state index < -0.39 is 25.4 Å². The molecule has 0 aliphatic carbocycles. The maximum absolute atomic E-state index is 6.32. The molecule has 0 bridgehead atoms. The van der Waals surface area contributed by atoms with Crippen molar-refractivity contribution in [2.24, 2.45) is 18.1 Å². The van der Waals surface area contributed by atoms with Crippen LogP contribution in [-0.2, 0) is 0 Å². The van der Waals surface area contributed by atoms with Gasteiger partial charge in [0.1, 0.15) is 11.5 Å². The Morgan fingerprint density at radius 3 is 1.29 bits per heavy atom. The van der Waals surface area contributed by atoms with Crippen molar-refractivity contribution in [1.82, 2.24) is 0 Å². The molecule has 1 heterocycles. The van der Waals surface area contributed by atoms with E-state index in [4.69, 9.17) is 76.5 Å². The molecule has 0 saturated carbocycles. The lowest BCUT2D eigenvalue weighted by atomic mass is 10.3. The third-order valence-electron chi connectivity index (χ3n) is 2.81. The van der Waals surface area contributed by atoms with E-state index >= 15 is 0 Å². The van der Waals surface area contributed by atoms with Crippen molar-refractivity contribution in [3.8, 4) is 11.5 Å². The molecular weight excluding hydrogens is 569 g/mol. The van der Waals surface area contributed by atoms with Crippen LogP contribution in [0.4, 0.5) is 0 Å². The maximum atomic E-state index is 6.32. The molecule has 1 aliphatic heterocycles. The number of para-hydroxylation sites is 2. The summed E-state index contributed by atoms with van der Waals surface area (Å²) in [4.78, 5) is 0. The molecule has 0 N–H and O–H groups in total. The molecule has 0 atom stereocenters. The zero-order valence-corrected chi connectivity index (χ0v) is 21.5. The number of nitrogens with zero attached hydrogens (tertiary/aromatic N) is 4. The Kier molecular flexibility index (Phi) is 7.56. The van der Waals surface area contributed by atoms with E-state index in [1.54, 1.807) is 48.5 Å². The zero-order chi connectivity index (χ0) is 20.5. The largest absolute Gasteiger partial charge is 0.453 e. The normalized spacial score (nSPS) is 21.4. The van der Waals surface area contributed by atoms with Gasteiger partial charge in [0.2, 0.25) is 0 Å². The van der Waals surface area contributed by atoms with E-state index in [2.05, 4.69) is 18.1 Å². The molecule has 3 rings (SSSR count). The van der Waals surface area contributed by atoms with E-state index in [0.717, 1.165) is 0 Å². The van der Waals surface area contributed by atoms with E-state index in [0.29, 0.717) is 11.5 Å². The van der Waals surface area contributed by atoms with Crippen molar-refractivity contribution in [2.75, 3.05) is 0 Å². The van der Waals surface area contributed by atoms with Gasteiger partial charge in [-0.25, -0.2) is 0 Å². The molecule has 2 aromatic carbocycles. The van der Waals surface area contributed by atoms with Gasteiger partial charge in [0.15, 0.2) is 0 Å². The Morgan fingerprint density at radius 2 is 0.857 bits per heavy atom. The standard InChI is InChI=1S/C12H10Cl6N4O2P4/c13-25(14)19-26(15,16)21-28(22-27(17,18)20-25,23-11-7-3-1-4-8-11)24-12-9-5-2-6-10-12/h1-10H. The monoisotopic (exact) mass is 576 g/mol. The van der Waals surface area contributed by atoms with Gasteiger partial charge >= 0.3 is 7.66 Å². The highest BCUT2D eigenvalue weighted by molar-refractivity contribution is 8.23. The predicted molar refractivity (Wildman–Crippen MR) is 127 cm³/mol. The summed E-state index contributed by atoms with van der Waals surface area (Å²) in [7, 11) is -3.67. The van der Waals surface area contributed by atoms with Gasteiger partial charge in [-0.05, 0) is 91.7 Å². The molecule has 28 heavy (non-hydrogen) atoms.